The SMILES string of the molecule is COc1cc(CN[C@H](C)c2nnc3ccccn23)ccc1OC(C)C. The van der Waals surface area contributed by atoms with Crippen LogP contribution >= 0.6 is 0 Å². The number of methoxy groups -OCH3 is 1. The van der Waals surface area contributed by atoms with E-state index in [1.165, 1.54) is 0 Å². The molecule has 0 radical (unpaired) electrons. The molecule has 0 aliphatic rings. The van der Waals surface area contributed by atoms with Crippen molar-refractivity contribution in [1.82, 2.24) is 19.9 Å². The highest BCUT2D eigenvalue weighted by Crippen LogP contribution is 2.29. The van der Waals surface area contributed by atoms with Crippen molar-refractivity contribution < 1.29 is 9.47 Å². The van der Waals surface area contributed by atoms with Crippen LogP contribution in [0.4, 0.5) is 0 Å². The van der Waals surface area contributed by atoms with E-state index in [0.29, 0.717) is 6.54 Å². The van der Waals surface area contributed by atoms with Gasteiger partial charge in [-0.1, -0.05) is 12.1 Å². The number of hydrogen-bond acceptors (Lipinski definition) is 5. The molecule has 3 aromatic rings. The second kappa shape index (κ2) is 7.53. The minimum absolute atomic E-state index is 0.0648. The molecule has 1 atom stereocenters. The zero-order valence-electron chi connectivity index (χ0n) is 15.1. The Labute approximate surface area is 147 Å². The van der Waals surface area contributed by atoms with Gasteiger partial charge >= 0.3 is 0 Å². The van der Waals surface area contributed by atoms with Crippen LogP contribution in [0.15, 0.2) is 42.6 Å². The molecule has 0 aliphatic heterocycles. The van der Waals surface area contributed by atoms with Gasteiger partial charge in [-0.25, -0.2) is 0 Å². The van der Waals surface area contributed by atoms with E-state index in [2.05, 4.69) is 22.4 Å². The van der Waals surface area contributed by atoms with Crippen molar-refractivity contribution in [2.75, 3.05) is 7.11 Å². The first kappa shape index (κ1) is 17.2. The number of nitrogens with one attached hydrogen (secondary N) is 1. The van der Waals surface area contributed by atoms with E-state index in [1.54, 1.807) is 7.11 Å². The first-order valence-electron chi connectivity index (χ1n) is 8.45. The number of pyridine rings is 1. The summed E-state index contributed by atoms with van der Waals surface area (Å²) >= 11 is 0. The second-order valence-electron chi connectivity index (χ2n) is 6.24. The van der Waals surface area contributed by atoms with Crippen LogP contribution in [0, 0.1) is 0 Å². The number of nitrogens with zero attached hydrogens (tertiary/aromatic N) is 3. The molecule has 0 saturated carbocycles. The topological polar surface area (TPSA) is 60.7 Å². The molecule has 2 aromatic heterocycles. The van der Waals surface area contributed by atoms with Crippen molar-refractivity contribution in [3.8, 4) is 11.5 Å². The Morgan fingerprint density at radius 3 is 2.68 bits per heavy atom. The fraction of sp³-hybridized carbons (Fsp3) is 0.368. The molecule has 0 unspecified atom stereocenters. The van der Waals surface area contributed by atoms with Gasteiger partial charge in [0.2, 0.25) is 0 Å². The highest BCUT2D eigenvalue weighted by Gasteiger charge is 2.13. The van der Waals surface area contributed by atoms with E-state index in [9.17, 15) is 0 Å². The minimum Gasteiger partial charge on any atom is -0.493 e. The van der Waals surface area contributed by atoms with Crippen molar-refractivity contribution in [2.24, 2.45) is 0 Å². The summed E-state index contributed by atoms with van der Waals surface area (Å²) in [6.45, 7) is 6.77. The zero-order valence-corrected chi connectivity index (χ0v) is 15.1. The third-order valence-corrected chi connectivity index (χ3v) is 3.93. The molecule has 2 heterocycles. The maximum absolute atomic E-state index is 5.76. The molecule has 25 heavy (non-hydrogen) atoms. The number of ether oxygens (including phenoxy) is 2. The molecule has 0 aliphatic carbocycles. The van der Waals surface area contributed by atoms with Gasteiger partial charge in [-0.3, -0.25) is 4.40 Å². The van der Waals surface area contributed by atoms with E-state index >= 15 is 0 Å². The maximum atomic E-state index is 5.76. The summed E-state index contributed by atoms with van der Waals surface area (Å²) in [5.74, 6) is 2.40. The zero-order chi connectivity index (χ0) is 17.8. The lowest BCUT2D eigenvalue weighted by atomic mass is 10.2. The van der Waals surface area contributed by atoms with Gasteiger partial charge in [0.15, 0.2) is 23.0 Å². The molecule has 1 aromatic carbocycles. The Hall–Kier alpha value is -2.60. The number of rotatable bonds is 7. The fourth-order valence-electron chi connectivity index (χ4n) is 2.69. The monoisotopic (exact) mass is 340 g/mol. The Bertz CT molecular complexity index is 844. The predicted octanol–water partition coefficient (Wildman–Crippen LogP) is 3.38. The third kappa shape index (κ3) is 3.91. The molecule has 6 nitrogen and oxygen atoms in total. The quantitative estimate of drug-likeness (QED) is 0.714. The van der Waals surface area contributed by atoms with E-state index in [1.807, 2.05) is 60.8 Å². The number of aromatic nitrogens is 3. The molecule has 3 rings (SSSR count). The van der Waals surface area contributed by atoms with Crippen LogP contribution in [0.3, 0.4) is 0 Å². The average Bonchev–Trinajstić information content (AvgIpc) is 3.04. The largest absolute Gasteiger partial charge is 0.493 e. The molecular weight excluding hydrogens is 316 g/mol. The first-order valence-corrected chi connectivity index (χ1v) is 8.45. The Morgan fingerprint density at radius 2 is 1.92 bits per heavy atom. The lowest BCUT2D eigenvalue weighted by molar-refractivity contribution is 0.230. The van der Waals surface area contributed by atoms with Crippen LogP contribution in [0.1, 0.15) is 38.2 Å². The van der Waals surface area contributed by atoms with E-state index in [4.69, 9.17) is 9.47 Å². The Balaban J connectivity index is 1.70. The van der Waals surface area contributed by atoms with E-state index in [-0.39, 0.29) is 12.1 Å². The standard InChI is InChI=1S/C19H24N4O2/c1-13(2)25-16-9-8-15(11-17(16)24-4)12-20-14(3)19-22-21-18-7-5-6-10-23(18)19/h5-11,13-14,20H,12H2,1-4H3/t14-/m1/s1. The molecule has 0 bridgehead atoms. The summed E-state index contributed by atoms with van der Waals surface area (Å²) in [4.78, 5) is 0. The molecule has 0 amide bonds. The molecular formula is C19H24N4O2. The van der Waals surface area contributed by atoms with Crippen LogP contribution in [0.5, 0.6) is 11.5 Å². The Morgan fingerprint density at radius 1 is 1.08 bits per heavy atom. The van der Waals surface area contributed by atoms with Crippen molar-refractivity contribution in [3.63, 3.8) is 0 Å². The van der Waals surface area contributed by atoms with E-state index in [0.717, 1.165) is 28.5 Å². The molecule has 6 heteroatoms. The highest BCUT2D eigenvalue weighted by molar-refractivity contribution is 5.43. The van der Waals surface area contributed by atoms with Gasteiger partial charge in [-0.05, 0) is 50.6 Å². The lowest BCUT2D eigenvalue weighted by Gasteiger charge is -2.16. The van der Waals surface area contributed by atoms with Crippen LogP contribution in [0.2, 0.25) is 0 Å². The summed E-state index contributed by atoms with van der Waals surface area (Å²) < 4.78 is 13.2. The predicted molar refractivity (Wildman–Crippen MR) is 97.0 cm³/mol. The van der Waals surface area contributed by atoms with Gasteiger partial charge in [0.25, 0.3) is 0 Å². The number of fused-ring (bicyclic) bond motifs is 1. The Kier molecular flexibility index (Phi) is 5.19. The van der Waals surface area contributed by atoms with Gasteiger partial charge in [-0.2, -0.15) is 0 Å². The highest BCUT2D eigenvalue weighted by atomic mass is 16.5. The second-order valence-corrected chi connectivity index (χ2v) is 6.24. The number of benzene rings is 1. The normalized spacial score (nSPS) is 12.5. The van der Waals surface area contributed by atoms with E-state index < -0.39 is 0 Å². The van der Waals surface area contributed by atoms with Crippen LogP contribution < -0.4 is 14.8 Å². The third-order valence-electron chi connectivity index (χ3n) is 3.93. The maximum Gasteiger partial charge on any atom is 0.161 e. The first-order chi connectivity index (χ1) is 12.1. The van der Waals surface area contributed by atoms with Gasteiger partial charge in [0.1, 0.15) is 0 Å². The van der Waals surface area contributed by atoms with Gasteiger partial charge in [0, 0.05) is 12.7 Å². The van der Waals surface area contributed by atoms with Crippen LogP contribution in [-0.2, 0) is 6.54 Å². The molecule has 132 valence electrons. The fourth-order valence-corrected chi connectivity index (χ4v) is 2.69. The van der Waals surface area contributed by atoms with Crippen molar-refractivity contribution in [1.29, 1.82) is 0 Å². The van der Waals surface area contributed by atoms with Gasteiger partial charge < -0.3 is 14.8 Å². The number of hydrogen-bond donors (Lipinski definition) is 1. The molecule has 1 N–H and O–H groups in total. The summed E-state index contributed by atoms with van der Waals surface area (Å²) in [6.07, 6.45) is 2.09. The minimum atomic E-state index is 0.0648. The summed E-state index contributed by atoms with van der Waals surface area (Å²) in [6, 6.07) is 11.9. The molecule has 0 fully saturated rings. The lowest BCUT2D eigenvalue weighted by Crippen LogP contribution is -2.20. The van der Waals surface area contributed by atoms with Gasteiger partial charge in [-0.15, -0.1) is 10.2 Å². The van der Waals surface area contributed by atoms with Crippen molar-refractivity contribution in [2.45, 2.75) is 39.5 Å². The van der Waals surface area contributed by atoms with Gasteiger partial charge in [0.05, 0.1) is 19.3 Å². The smallest absolute Gasteiger partial charge is 0.161 e. The summed E-state index contributed by atoms with van der Waals surface area (Å²) in [5, 5.41) is 12.0. The van der Waals surface area contributed by atoms with Crippen LogP contribution in [0.25, 0.3) is 5.65 Å². The molecule has 0 spiro atoms. The summed E-state index contributed by atoms with van der Waals surface area (Å²) in [5.41, 5.74) is 1.97. The summed E-state index contributed by atoms with van der Waals surface area (Å²) in [7, 11) is 1.66. The van der Waals surface area contributed by atoms with Crippen molar-refractivity contribution >= 4 is 5.65 Å². The molecule has 0 saturated heterocycles. The van der Waals surface area contributed by atoms with Crippen molar-refractivity contribution in [3.05, 3.63) is 54.0 Å². The average molecular weight is 340 g/mol. The van der Waals surface area contributed by atoms with Crippen LogP contribution in [-0.4, -0.2) is 27.8 Å².